The van der Waals surface area contributed by atoms with Crippen LogP contribution >= 0.6 is 0 Å². The molecule has 0 fully saturated rings. The van der Waals surface area contributed by atoms with Gasteiger partial charge in [0, 0.05) is 5.56 Å². The molecule has 0 bridgehead atoms. The van der Waals surface area contributed by atoms with E-state index >= 15 is 0 Å². The van der Waals surface area contributed by atoms with Crippen molar-refractivity contribution in [1.82, 2.24) is 10.2 Å². The lowest BCUT2D eigenvalue weighted by Crippen LogP contribution is -2.25. The van der Waals surface area contributed by atoms with E-state index in [1.165, 1.54) is 6.08 Å². The molecule has 0 aromatic carbocycles. The normalized spacial score (nSPS) is 20.5. The van der Waals surface area contributed by atoms with Crippen molar-refractivity contribution >= 4 is 23.5 Å². The first-order valence-electron chi connectivity index (χ1n) is 6.13. The molecule has 7 heteroatoms. The molecule has 21 heavy (non-hydrogen) atoms. The summed E-state index contributed by atoms with van der Waals surface area (Å²) in [6.07, 6.45) is 6.99. The molecular formula is C14H10N6O. The van der Waals surface area contributed by atoms with Crippen LogP contribution in [-0.4, -0.2) is 27.9 Å². The quantitative estimate of drug-likeness (QED) is 0.481. The van der Waals surface area contributed by atoms with Gasteiger partial charge in [0.15, 0.2) is 6.29 Å². The number of aromatic amines is 1. The number of nitriles is 1. The summed E-state index contributed by atoms with van der Waals surface area (Å²) in [5.74, 6) is -0.0566. The van der Waals surface area contributed by atoms with Gasteiger partial charge >= 0.3 is 0 Å². The van der Waals surface area contributed by atoms with Gasteiger partial charge in [-0.15, -0.1) is 0 Å². The Bertz CT molecular complexity index is 802. The van der Waals surface area contributed by atoms with Gasteiger partial charge in [-0.05, 0) is 11.6 Å². The monoisotopic (exact) mass is 278 g/mol. The fourth-order valence-corrected chi connectivity index (χ4v) is 2.48. The van der Waals surface area contributed by atoms with Crippen LogP contribution in [0.5, 0.6) is 0 Å². The van der Waals surface area contributed by atoms with Crippen LogP contribution in [0.4, 0.5) is 5.82 Å². The van der Waals surface area contributed by atoms with Crippen LogP contribution in [0, 0.1) is 22.1 Å². The minimum Gasteiger partial charge on any atom is -0.337 e. The number of aromatic nitrogens is 2. The average molecular weight is 278 g/mol. The number of H-pyrrole nitrogens is 1. The van der Waals surface area contributed by atoms with Crippen molar-refractivity contribution in [3.05, 3.63) is 46.8 Å². The SMILES string of the molecule is N#CC1=C(C=O)Nc2[nH]ncc2C1C1=CC=CC(=N)C1=N. The number of anilines is 1. The fraction of sp³-hybridized carbons (Fsp3) is 0.0714. The molecular weight excluding hydrogens is 268 g/mol. The highest BCUT2D eigenvalue weighted by Gasteiger charge is 2.34. The molecule has 1 atom stereocenters. The second-order valence-corrected chi connectivity index (χ2v) is 4.59. The summed E-state index contributed by atoms with van der Waals surface area (Å²) >= 11 is 0. The van der Waals surface area contributed by atoms with E-state index in [2.05, 4.69) is 15.5 Å². The molecule has 0 saturated heterocycles. The van der Waals surface area contributed by atoms with E-state index in [-0.39, 0.29) is 22.7 Å². The number of nitrogens with zero attached hydrogens (tertiary/aromatic N) is 2. The number of fused-ring (bicyclic) bond motifs is 1. The molecule has 1 aliphatic heterocycles. The zero-order chi connectivity index (χ0) is 15.0. The van der Waals surface area contributed by atoms with Crippen LogP contribution in [0.2, 0.25) is 0 Å². The van der Waals surface area contributed by atoms with Gasteiger partial charge in [-0.2, -0.15) is 10.4 Å². The smallest absolute Gasteiger partial charge is 0.167 e. The summed E-state index contributed by atoms with van der Waals surface area (Å²) in [5.41, 5.74) is 1.65. The molecule has 2 heterocycles. The lowest BCUT2D eigenvalue weighted by Gasteiger charge is -2.27. The summed E-state index contributed by atoms with van der Waals surface area (Å²) in [6.45, 7) is 0. The third kappa shape index (κ3) is 1.81. The van der Waals surface area contributed by atoms with Crippen LogP contribution in [0.1, 0.15) is 11.5 Å². The zero-order valence-electron chi connectivity index (χ0n) is 10.8. The molecule has 1 aromatic rings. The Morgan fingerprint density at radius 1 is 1.43 bits per heavy atom. The van der Waals surface area contributed by atoms with Crippen LogP contribution in [0.15, 0.2) is 41.3 Å². The van der Waals surface area contributed by atoms with Gasteiger partial charge in [-0.3, -0.25) is 20.7 Å². The van der Waals surface area contributed by atoms with Crippen molar-refractivity contribution < 1.29 is 4.79 Å². The van der Waals surface area contributed by atoms with Gasteiger partial charge in [0.2, 0.25) is 0 Å². The summed E-state index contributed by atoms with van der Waals surface area (Å²) in [4.78, 5) is 11.2. The first-order valence-corrected chi connectivity index (χ1v) is 6.13. The predicted molar refractivity (Wildman–Crippen MR) is 76.3 cm³/mol. The lowest BCUT2D eigenvalue weighted by molar-refractivity contribution is -0.104. The Morgan fingerprint density at radius 3 is 2.95 bits per heavy atom. The molecule has 4 N–H and O–H groups in total. The van der Waals surface area contributed by atoms with Gasteiger partial charge in [-0.1, -0.05) is 12.2 Å². The molecule has 0 radical (unpaired) electrons. The van der Waals surface area contributed by atoms with Crippen molar-refractivity contribution in [2.75, 3.05) is 5.32 Å². The Balaban J connectivity index is 2.22. The maximum Gasteiger partial charge on any atom is 0.167 e. The summed E-state index contributed by atoms with van der Waals surface area (Å²) in [6, 6.07) is 2.03. The van der Waals surface area contributed by atoms with E-state index < -0.39 is 5.92 Å². The first kappa shape index (κ1) is 12.7. The minimum absolute atomic E-state index is 0.0366. The van der Waals surface area contributed by atoms with Gasteiger partial charge in [0.1, 0.15) is 5.82 Å². The third-order valence-electron chi connectivity index (χ3n) is 3.46. The highest BCUT2D eigenvalue weighted by Crippen LogP contribution is 2.41. The minimum atomic E-state index is -0.581. The molecule has 7 nitrogen and oxygen atoms in total. The zero-order valence-corrected chi connectivity index (χ0v) is 10.8. The summed E-state index contributed by atoms with van der Waals surface area (Å²) in [7, 11) is 0. The van der Waals surface area contributed by atoms with E-state index in [1.807, 2.05) is 6.07 Å². The maximum absolute atomic E-state index is 11.2. The number of allylic oxidation sites excluding steroid dienone is 6. The molecule has 102 valence electrons. The van der Waals surface area contributed by atoms with Gasteiger partial charge in [-0.25, -0.2) is 0 Å². The van der Waals surface area contributed by atoms with E-state index in [0.717, 1.165) is 0 Å². The van der Waals surface area contributed by atoms with E-state index in [9.17, 15) is 10.1 Å². The van der Waals surface area contributed by atoms with Crippen LogP contribution in [0.3, 0.4) is 0 Å². The summed E-state index contributed by atoms with van der Waals surface area (Å²) in [5, 5.41) is 34.7. The standard InChI is InChI=1S/C14H10N6O/c15-4-8-11(6-21)19-14-9(5-18-20-14)12(8)7-2-1-3-10(16)13(7)17/h1-3,5-6,12,16-17H,(H2,18,19,20). The van der Waals surface area contributed by atoms with E-state index in [4.69, 9.17) is 10.8 Å². The Labute approximate surface area is 119 Å². The maximum atomic E-state index is 11.2. The predicted octanol–water partition coefficient (Wildman–Crippen LogP) is 1.43. The van der Waals surface area contributed by atoms with Crippen molar-refractivity contribution in [3.8, 4) is 6.07 Å². The highest BCUT2D eigenvalue weighted by molar-refractivity contribution is 6.51. The van der Waals surface area contributed by atoms with E-state index in [1.54, 1.807) is 18.3 Å². The number of nitrogens with one attached hydrogen (secondary N) is 4. The Hall–Kier alpha value is -3.27. The molecule has 2 aliphatic rings. The van der Waals surface area contributed by atoms with Crippen molar-refractivity contribution in [1.29, 1.82) is 16.1 Å². The van der Waals surface area contributed by atoms with Crippen molar-refractivity contribution in [2.24, 2.45) is 0 Å². The molecule has 1 aromatic heterocycles. The van der Waals surface area contributed by atoms with Crippen LogP contribution < -0.4 is 5.32 Å². The third-order valence-corrected chi connectivity index (χ3v) is 3.46. The highest BCUT2D eigenvalue weighted by atomic mass is 16.1. The van der Waals surface area contributed by atoms with Gasteiger partial charge in [0.05, 0.1) is 40.9 Å². The lowest BCUT2D eigenvalue weighted by atomic mass is 9.79. The van der Waals surface area contributed by atoms with Gasteiger partial charge < -0.3 is 5.32 Å². The topological polar surface area (TPSA) is 129 Å². The molecule has 0 amide bonds. The Morgan fingerprint density at radius 2 is 2.24 bits per heavy atom. The first-order chi connectivity index (χ1) is 10.2. The van der Waals surface area contributed by atoms with Crippen LogP contribution in [-0.2, 0) is 4.79 Å². The molecule has 0 spiro atoms. The van der Waals surface area contributed by atoms with Crippen molar-refractivity contribution in [3.63, 3.8) is 0 Å². The molecule has 1 aliphatic carbocycles. The largest absolute Gasteiger partial charge is 0.337 e. The number of carbonyl (C=O) groups is 1. The second-order valence-electron chi connectivity index (χ2n) is 4.59. The molecule has 0 saturated carbocycles. The van der Waals surface area contributed by atoms with Gasteiger partial charge in [0.25, 0.3) is 0 Å². The fourth-order valence-electron chi connectivity index (χ4n) is 2.48. The summed E-state index contributed by atoms with van der Waals surface area (Å²) < 4.78 is 0. The Kier molecular flexibility index (Phi) is 2.84. The molecule has 1 unspecified atom stereocenters. The van der Waals surface area contributed by atoms with Crippen molar-refractivity contribution in [2.45, 2.75) is 5.92 Å². The number of carbonyl (C=O) groups excluding carboxylic acids is 1. The number of hydrogen-bond donors (Lipinski definition) is 4. The molecule has 3 rings (SSSR count). The number of rotatable bonds is 2. The number of aldehydes is 1. The van der Waals surface area contributed by atoms with Crippen LogP contribution in [0.25, 0.3) is 0 Å². The average Bonchev–Trinajstić information content (AvgIpc) is 2.96. The number of hydrogen-bond acceptors (Lipinski definition) is 6. The second kappa shape index (κ2) is 4.68. The van der Waals surface area contributed by atoms with E-state index in [0.29, 0.717) is 23.2 Å².